The molecule has 0 spiro atoms. The Morgan fingerprint density at radius 3 is 2.12 bits per heavy atom. The summed E-state index contributed by atoms with van der Waals surface area (Å²) in [7, 11) is 0. The van der Waals surface area contributed by atoms with Crippen LogP contribution >= 0.6 is 0 Å². The summed E-state index contributed by atoms with van der Waals surface area (Å²) in [6.07, 6.45) is 1.87. The summed E-state index contributed by atoms with van der Waals surface area (Å²) in [6, 6.07) is 10.4. The maximum Gasteiger partial charge on any atom is 0.232 e. The molecule has 0 atom stereocenters. The first-order chi connectivity index (χ1) is 12.1. The normalized spacial score (nSPS) is 15.2. The first kappa shape index (κ1) is 19.4. The highest BCUT2D eigenvalue weighted by atomic mass is 16.2. The molecular weight excluding hydrogens is 314 g/mol. The van der Waals surface area contributed by atoms with Crippen LogP contribution < -0.4 is 0 Å². The molecule has 2 rings (SSSR count). The maximum atomic E-state index is 12.4. The van der Waals surface area contributed by atoms with Gasteiger partial charge < -0.3 is 9.80 Å². The van der Waals surface area contributed by atoms with Crippen LogP contribution in [-0.4, -0.2) is 65.8 Å². The third-order valence-electron chi connectivity index (χ3n) is 4.62. The molecule has 2 amide bonds. The quantitative estimate of drug-likeness (QED) is 0.680. The van der Waals surface area contributed by atoms with Crippen molar-refractivity contribution >= 4 is 11.8 Å². The van der Waals surface area contributed by atoms with Crippen molar-refractivity contribution in [3.8, 4) is 0 Å². The molecule has 1 aliphatic rings. The van der Waals surface area contributed by atoms with Gasteiger partial charge in [-0.3, -0.25) is 14.5 Å². The van der Waals surface area contributed by atoms with Crippen molar-refractivity contribution in [2.75, 3.05) is 39.3 Å². The number of carbonyl (C=O) groups excluding carboxylic acids is 2. The zero-order valence-electron chi connectivity index (χ0n) is 15.6. The average Bonchev–Trinajstić information content (AvgIpc) is 2.63. The van der Waals surface area contributed by atoms with Crippen molar-refractivity contribution in [2.45, 2.75) is 39.7 Å². The fourth-order valence-electron chi connectivity index (χ4n) is 3.25. The molecule has 0 unspecified atom stereocenters. The first-order valence-corrected chi connectivity index (χ1v) is 9.45. The summed E-state index contributed by atoms with van der Waals surface area (Å²) in [6.45, 7) is 9.66. The lowest BCUT2D eigenvalue weighted by molar-refractivity contribution is -0.141. The molecule has 1 heterocycles. The minimum absolute atomic E-state index is 0.0126. The molecule has 1 saturated heterocycles. The molecule has 0 radical (unpaired) electrons. The van der Waals surface area contributed by atoms with Crippen LogP contribution in [0.3, 0.4) is 0 Å². The highest BCUT2D eigenvalue weighted by Crippen LogP contribution is 2.10. The van der Waals surface area contributed by atoms with Crippen molar-refractivity contribution in [2.24, 2.45) is 0 Å². The first-order valence-electron chi connectivity index (χ1n) is 9.45. The van der Waals surface area contributed by atoms with Gasteiger partial charge in [-0.15, -0.1) is 0 Å². The van der Waals surface area contributed by atoms with Gasteiger partial charge in [0.1, 0.15) is 6.42 Å². The molecule has 1 aromatic carbocycles. The van der Waals surface area contributed by atoms with Gasteiger partial charge >= 0.3 is 0 Å². The smallest absolute Gasteiger partial charge is 0.232 e. The predicted molar refractivity (Wildman–Crippen MR) is 100 cm³/mol. The molecule has 0 bridgehead atoms. The monoisotopic (exact) mass is 345 g/mol. The summed E-state index contributed by atoms with van der Waals surface area (Å²) >= 11 is 0. The Kier molecular flexibility index (Phi) is 7.92. The maximum absolute atomic E-state index is 12.4. The van der Waals surface area contributed by atoms with Gasteiger partial charge in [0.2, 0.25) is 11.8 Å². The lowest BCUT2D eigenvalue weighted by Crippen LogP contribution is -2.49. The van der Waals surface area contributed by atoms with Crippen molar-refractivity contribution in [3.05, 3.63) is 35.9 Å². The van der Waals surface area contributed by atoms with E-state index >= 15 is 0 Å². The molecule has 1 fully saturated rings. The van der Waals surface area contributed by atoms with Crippen LogP contribution in [0, 0.1) is 0 Å². The second-order valence-corrected chi connectivity index (χ2v) is 6.70. The number of benzene rings is 1. The number of hydrogen-bond donors (Lipinski definition) is 0. The van der Waals surface area contributed by atoms with E-state index in [1.807, 2.05) is 15.9 Å². The Bertz CT molecular complexity index is 533. The van der Waals surface area contributed by atoms with Crippen molar-refractivity contribution in [1.29, 1.82) is 0 Å². The third kappa shape index (κ3) is 6.16. The van der Waals surface area contributed by atoms with Gasteiger partial charge in [0.05, 0.1) is 0 Å². The van der Waals surface area contributed by atoms with E-state index in [-0.39, 0.29) is 18.2 Å². The number of hydrogen-bond acceptors (Lipinski definition) is 3. The highest BCUT2D eigenvalue weighted by Gasteiger charge is 2.24. The van der Waals surface area contributed by atoms with E-state index < -0.39 is 0 Å². The third-order valence-corrected chi connectivity index (χ3v) is 4.62. The average molecular weight is 345 g/mol. The predicted octanol–water partition coefficient (Wildman–Crippen LogP) is 2.37. The second kappa shape index (κ2) is 10.2. The van der Waals surface area contributed by atoms with E-state index in [0.29, 0.717) is 13.1 Å². The van der Waals surface area contributed by atoms with Gasteiger partial charge in [-0.2, -0.15) is 0 Å². The van der Waals surface area contributed by atoms with Crippen molar-refractivity contribution < 1.29 is 9.59 Å². The Balaban J connectivity index is 1.77. The van der Waals surface area contributed by atoms with Crippen LogP contribution in [-0.2, 0) is 16.1 Å². The number of piperazine rings is 1. The lowest BCUT2D eigenvalue weighted by Gasteiger charge is -2.35. The number of carbonyl (C=O) groups is 2. The van der Waals surface area contributed by atoms with Crippen LogP contribution in [0.4, 0.5) is 0 Å². The Morgan fingerprint density at radius 1 is 0.960 bits per heavy atom. The van der Waals surface area contributed by atoms with Crippen molar-refractivity contribution in [1.82, 2.24) is 14.7 Å². The van der Waals surface area contributed by atoms with Crippen LogP contribution in [0.25, 0.3) is 0 Å². The SMILES string of the molecule is CCCN(CCC)C(=O)CC(=O)N1CCN(Cc2ccccc2)CC1. The Morgan fingerprint density at radius 2 is 1.56 bits per heavy atom. The van der Waals surface area contributed by atoms with Gasteiger partial charge in [-0.1, -0.05) is 44.2 Å². The highest BCUT2D eigenvalue weighted by molar-refractivity contribution is 5.96. The molecule has 0 aliphatic carbocycles. The largest absolute Gasteiger partial charge is 0.342 e. The summed E-state index contributed by atoms with van der Waals surface area (Å²) < 4.78 is 0. The topological polar surface area (TPSA) is 43.9 Å². The van der Waals surface area contributed by atoms with Gasteiger partial charge in [-0.25, -0.2) is 0 Å². The summed E-state index contributed by atoms with van der Waals surface area (Å²) in [5.74, 6) is -0.0537. The van der Waals surface area contributed by atoms with Gasteiger partial charge in [0, 0.05) is 45.8 Å². The van der Waals surface area contributed by atoms with E-state index in [1.54, 1.807) is 0 Å². The van der Waals surface area contributed by atoms with Crippen LogP contribution in [0.15, 0.2) is 30.3 Å². The molecular formula is C20H31N3O2. The Labute approximate surface area is 151 Å². The van der Waals surface area contributed by atoms with E-state index in [4.69, 9.17) is 0 Å². The molecule has 138 valence electrons. The minimum Gasteiger partial charge on any atom is -0.342 e. The van der Waals surface area contributed by atoms with E-state index in [9.17, 15) is 9.59 Å². The van der Waals surface area contributed by atoms with Gasteiger partial charge in [0.25, 0.3) is 0 Å². The van der Waals surface area contributed by atoms with Gasteiger partial charge in [0.15, 0.2) is 0 Å². The van der Waals surface area contributed by atoms with Crippen LogP contribution in [0.2, 0.25) is 0 Å². The summed E-state index contributed by atoms with van der Waals surface area (Å²) in [5.41, 5.74) is 1.30. The fourth-order valence-corrected chi connectivity index (χ4v) is 3.25. The molecule has 25 heavy (non-hydrogen) atoms. The van der Waals surface area contributed by atoms with Crippen molar-refractivity contribution in [3.63, 3.8) is 0 Å². The number of rotatable bonds is 8. The van der Waals surface area contributed by atoms with Crippen LogP contribution in [0.5, 0.6) is 0 Å². The van der Waals surface area contributed by atoms with Crippen LogP contribution in [0.1, 0.15) is 38.7 Å². The van der Waals surface area contributed by atoms with Gasteiger partial charge in [-0.05, 0) is 18.4 Å². The molecule has 5 nitrogen and oxygen atoms in total. The van der Waals surface area contributed by atoms with E-state index in [1.165, 1.54) is 5.56 Å². The number of nitrogens with zero attached hydrogens (tertiary/aromatic N) is 3. The number of amides is 2. The zero-order chi connectivity index (χ0) is 18.1. The minimum atomic E-state index is -0.0274. The zero-order valence-corrected chi connectivity index (χ0v) is 15.6. The fraction of sp³-hybridized carbons (Fsp3) is 0.600. The second-order valence-electron chi connectivity index (χ2n) is 6.70. The van der Waals surface area contributed by atoms with E-state index in [2.05, 4.69) is 43.0 Å². The molecule has 0 aromatic heterocycles. The summed E-state index contributed by atoms with van der Waals surface area (Å²) in [4.78, 5) is 30.8. The molecule has 5 heteroatoms. The Hall–Kier alpha value is -1.88. The standard InChI is InChI=1S/C20H31N3O2/c1-3-10-22(11-4-2)19(24)16-20(25)23-14-12-21(13-15-23)17-18-8-6-5-7-9-18/h5-9H,3-4,10-17H2,1-2H3. The summed E-state index contributed by atoms with van der Waals surface area (Å²) in [5, 5.41) is 0. The molecule has 0 saturated carbocycles. The molecule has 0 N–H and O–H groups in total. The molecule has 1 aliphatic heterocycles. The lowest BCUT2D eigenvalue weighted by atomic mass is 10.2. The van der Waals surface area contributed by atoms with E-state index in [0.717, 1.165) is 45.6 Å². The molecule has 1 aromatic rings.